The summed E-state index contributed by atoms with van der Waals surface area (Å²) in [6.45, 7) is 0. The molecule has 0 spiro atoms. The largest absolute Gasteiger partial charge is 0.366 e. The zero-order valence-electron chi connectivity index (χ0n) is 6.91. The Morgan fingerprint density at radius 3 is 2.58 bits per heavy atom. The number of rotatable bonds is 3. The smallest absolute Gasteiger partial charge is 0.130 e. The third-order valence-corrected chi connectivity index (χ3v) is 2.14. The van der Waals surface area contributed by atoms with Gasteiger partial charge in [-0.2, -0.15) is 0 Å². The van der Waals surface area contributed by atoms with Crippen LogP contribution in [-0.4, -0.2) is 12.1 Å². The van der Waals surface area contributed by atoms with Gasteiger partial charge in [0, 0.05) is 7.11 Å². The van der Waals surface area contributed by atoms with E-state index in [1.54, 1.807) is 7.11 Å². The van der Waals surface area contributed by atoms with E-state index in [1.807, 2.05) is 42.5 Å². The van der Waals surface area contributed by atoms with Crippen LogP contribution in [0.25, 0.3) is 6.08 Å². The molecule has 0 amide bonds. The van der Waals surface area contributed by atoms with Gasteiger partial charge in [0.1, 0.15) is 5.01 Å². The maximum Gasteiger partial charge on any atom is 0.130 e. The number of benzene rings is 1. The molecule has 0 aliphatic carbocycles. The first-order valence-electron chi connectivity index (χ1n) is 3.73. The minimum atomic E-state index is -0.00212. The van der Waals surface area contributed by atoms with Gasteiger partial charge in [0.15, 0.2) is 0 Å². The normalized spacial score (nSPS) is 13.5. The Balaban J connectivity index is 2.58. The van der Waals surface area contributed by atoms with Crippen LogP contribution in [0.2, 0.25) is 0 Å². The number of hydrogen-bond acceptors (Lipinski definition) is 1. The highest BCUT2D eigenvalue weighted by molar-refractivity contribution is 9.09. The van der Waals surface area contributed by atoms with Crippen LogP contribution in [-0.2, 0) is 4.74 Å². The first-order chi connectivity index (χ1) is 5.83. The summed E-state index contributed by atoms with van der Waals surface area (Å²) < 4.78 is 5.00. The summed E-state index contributed by atoms with van der Waals surface area (Å²) in [5.74, 6) is 0. The molecule has 0 saturated carbocycles. The van der Waals surface area contributed by atoms with Crippen molar-refractivity contribution in [2.45, 2.75) is 5.01 Å². The number of ether oxygens (including phenoxy) is 1. The Kier molecular flexibility index (Phi) is 4.05. The first-order valence-corrected chi connectivity index (χ1v) is 4.64. The molecule has 12 heavy (non-hydrogen) atoms. The molecule has 0 bridgehead atoms. The van der Waals surface area contributed by atoms with E-state index in [0.717, 1.165) is 0 Å². The van der Waals surface area contributed by atoms with Crippen LogP contribution in [0.5, 0.6) is 0 Å². The Hall–Kier alpha value is -0.600. The van der Waals surface area contributed by atoms with Gasteiger partial charge >= 0.3 is 0 Å². The van der Waals surface area contributed by atoms with Crippen molar-refractivity contribution in [3.05, 3.63) is 42.0 Å². The summed E-state index contributed by atoms with van der Waals surface area (Å²) in [7, 11) is 1.66. The minimum Gasteiger partial charge on any atom is -0.366 e. The molecule has 64 valence electrons. The molecule has 0 aliphatic rings. The Labute approximate surface area is 81.2 Å². The van der Waals surface area contributed by atoms with Crippen LogP contribution in [0.3, 0.4) is 0 Å². The first kappa shape index (κ1) is 9.49. The van der Waals surface area contributed by atoms with Crippen molar-refractivity contribution < 1.29 is 4.74 Å². The van der Waals surface area contributed by atoms with Crippen molar-refractivity contribution in [2.75, 3.05) is 7.11 Å². The lowest BCUT2D eigenvalue weighted by molar-refractivity contribution is 0.213. The van der Waals surface area contributed by atoms with E-state index in [1.165, 1.54) is 5.56 Å². The van der Waals surface area contributed by atoms with Crippen LogP contribution in [0.15, 0.2) is 36.4 Å². The summed E-state index contributed by atoms with van der Waals surface area (Å²) in [6.07, 6.45) is 3.97. The number of halogens is 1. The third-order valence-electron chi connectivity index (χ3n) is 1.46. The van der Waals surface area contributed by atoms with Gasteiger partial charge in [0.25, 0.3) is 0 Å². The Morgan fingerprint density at radius 2 is 2.00 bits per heavy atom. The molecule has 0 N–H and O–H groups in total. The Morgan fingerprint density at radius 1 is 1.33 bits per heavy atom. The van der Waals surface area contributed by atoms with Gasteiger partial charge in [-0.05, 0) is 11.6 Å². The van der Waals surface area contributed by atoms with E-state index >= 15 is 0 Å². The molecule has 1 aromatic rings. The van der Waals surface area contributed by atoms with Gasteiger partial charge in [-0.3, -0.25) is 0 Å². The number of hydrogen-bond donors (Lipinski definition) is 0. The summed E-state index contributed by atoms with van der Waals surface area (Å²) in [5.41, 5.74) is 1.18. The summed E-state index contributed by atoms with van der Waals surface area (Å²) >= 11 is 3.33. The highest BCUT2D eigenvalue weighted by atomic mass is 79.9. The maximum atomic E-state index is 5.00. The molecule has 0 saturated heterocycles. The maximum absolute atomic E-state index is 5.00. The van der Waals surface area contributed by atoms with Crippen molar-refractivity contribution in [3.8, 4) is 0 Å². The predicted octanol–water partition coefficient (Wildman–Crippen LogP) is 3.07. The fourth-order valence-electron chi connectivity index (χ4n) is 0.829. The van der Waals surface area contributed by atoms with Gasteiger partial charge in [-0.15, -0.1) is 0 Å². The second-order valence-corrected chi connectivity index (χ2v) is 3.26. The lowest BCUT2D eigenvalue weighted by Gasteiger charge is -1.99. The molecule has 1 rings (SSSR count). The number of alkyl halides is 1. The van der Waals surface area contributed by atoms with E-state index in [9.17, 15) is 0 Å². The van der Waals surface area contributed by atoms with E-state index in [-0.39, 0.29) is 5.01 Å². The average Bonchev–Trinajstić information content (AvgIpc) is 2.16. The Bertz CT molecular complexity index is 243. The van der Waals surface area contributed by atoms with E-state index in [2.05, 4.69) is 15.9 Å². The molecule has 0 radical (unpaired) electrons. The van der Waals surface area contributed by atoms with Crippen molar-refractivity contribution in [1.29, 1.82) is 0 Å². The van der Waals surface area contributed by atoms with Crippen molar-refractivity contribution in [2.24, 2.45) is 0 Å². The molecule has 0 heterocycles. The van der Waals surface area contributed by atoms with Crippen molar-refractivity contribution >= 4 is 22.0 Å². The SMILES string of the molecule is COC(Br)/C=C/c1ccccc1. The lowest BCUT2D eigenvalue weighted by atomic mass is 10.2. The summed E-state index contributed by atoms with van der Waals surface area (Å²) in [6, 6.07) is 10.1. The van der Waals surface area contributed by atoms with E-state index in [0.29, 0.717) is 0 Å². The molecule has 0 fully saturated rings. The second kappa shape index (κ2) is 5.12. The van der Waals surface area contributed by atoms with Crippen LogP contribution in [0.1, 0.15) is 5.56 Å². The molecule has 1 nitrogen and oxygen atoms in total. The van der Waals surface area contributed by atoms with Crippen LogP contribution >= 0.6 is 15.9 Å². The molecular formula is C10H11BrO. The van der Waals surface area contributed by atoms with Crippen molar-refractivity contribution in [1.82, 2.24) is 0 Å². The van der Waals surface area contributed by atoms with Gasteiger partial charge in [-0.25, -0.2) is 0 Å². The van der Waals surface area contributed by atoms with Gasteiger partial charge in [-0.1, -0.05) is 52.3 Å². The van der Waals surface area contributed by atoms with Gasteiger partial charge in [0.2, 0.25) is 0 Å². The van der Waals surface area contributed by atoms with Gasteiger partial charge < -0.3 is 4.74 Å². The second-order valence-electron chi connectivity index (χ2n) is 2.36. The van der Waals surface area contributed by atoms with Crippen LogP contribution in [0, 0.1) is 0 Å². The van der Waals surface area contributed by atoms with Crippen LogP contribution < -0.4 is 0 Å². The molecular weight excluding hydrogens is 216 g/mol. The summed E-state index contributed by atoms with van der Waals surface area (Å²) in [5, 5.41) is -0.00212. The molecule has 2 heteroatoms. The van der Waals surface area contributed by atoms with Crippen LogP contribution in [0.4, 0.5) is 0 Å². The van der Waals surface area contributed by atoms with Crippen molar-refractivity contribution in [3.63, 3.8) is 0 Å². The predicted molar refractivity (Wildman–Crippen MR) is 55.2 cm³/mol. The molecule has 1 unspecified atom stereocenters. The highest BCUT2D eigenvalue weighted by Crippen LogP contribution is 2.06. The monoisotopic (exact) mass is 226 g/mol. The zero-order chi connectivity index (χ0) is 8.81. The van der Waals surface area contributed by atoms with E-state index < -0.39 is 0 Å². The standard InChI is InChI=1S/C10H11BrO/c1-12-10(11)8-7-9-5-3-2-4-6-9/h2-8,10H,1H3/b8-7+. The summed E-state index contributed by atoms with van der Waals surface area (Å²) in [4.78, 5) is 0. The lowest BCUT2D eigenvalue weighted by Crippen LogP contribution is -1.93. The molecule has 1 aromatic carbocycles. The quantitative estimate of drug-likeness (QED) is 0.721. The zero-order valence-corrected chi connectivity index (χ0v) is 8.49. The van der Waals surface area contributed by atoms with Gasteiger partial charge in [0.05, 0.1) is 0 Å². The third kappa shape index (κ3) is 3.20. The number of methoxy groups -OCH3 is 1. The molecule has 0 aromatic heterocycles. The van der Waals surface area contributed by atoms with E-state index in [4.69, 9.17) is 4.74 Å². The fraction of sp³-hybridized carbons (Fsp3) is 0.200. The topological polar surface area (TPSA) is 9.23 Å². The molecule has 1 atom stereocenters. The molecule has 0 aliphatic heterocycles. The highest BCUT2D eigenvalue weighted by Gasteiger charge is 1.91. The fourth-order valence-corrected chi connectivity index (χ4v) is 0.982. The minimum absolute atomic E-state index is 0.00212. The average molecular weight is 227 g/mol.